The Morgan fingerprint density at radius 3 is 2.36 bits per heavy atom. The molecule has 0 aromatic heterocycles. The van der Waals surface area contributed by atoms with E-state index in [4.69, 9.17) is 5.84 Å². The van der Waals surface area contributed by atoms with E-state index in [0.29, 0.717) is 12.3 Å². The lowest BCUT2D eigenvalue weighted by atomic mass is 10.2. The van der Waals surface area contributed by atoms with Gasteiger partial charge in [-0.2, -0.15) is 5.10 Å². The highest BCUT2D eigenvalue weighted by molar-refractivity contribution is 5.99. The maximum atomic E-state index is 9.35. The SMILES string of the molecule is CNC/C(=N/N)C(O)=C(C)C. The zero-order chi connectivity index (χ0) is 8.85. The molecule has 0 spiro atoms. The van der Waals surface area contributed by atoms with E-state index >= 15 is 0 Å². The van der Waals surface area contributed by atoms with Crippen LogP contribution in [0.1, 0.15) is 13.8 Å². The highest BCUT2D eigenvalue weighted by atomic mass is 16.3. The highest BCUT2D eigenvalue weighted by Gasteiger charge is 2.04. The second-order valence-corrected chi connectivity index (χ2v) is 2.45. The van der Waals surface area contributed by atoms with Gasteiger partial charge >= 0.3 is 0 Å². The van der Waals surface area contributed by atoms with Crippen molar-refractivity contribution in [2.75, 3.05) is 13.6 Å². The third kappa shape index (κ3) is 3.04. The van der Waals surface area contributed by atoms with Crippen LogP contribution in [0.3, 0.4) is 0 Å². The first-order chi connectivity index (χ1) is 5.13. The summed E-state index contributed by atoms with van der Waals surface area (Å²) < 4.78 is 0. The Morgan fingerprint density at radius 1 is 1.55 bits per heavy atom. The number of nitrogens with zero attached hydrogens (tertiary/aromatic N) is 1. The minimum Gasteiger partial charge on any atom is -0.506 e. The molecule has 0 heterocycles. The van der Waals surface area contributed by atoms with Crippen molar-refractivity contribution in [1.29, 1.82) is 0 Å². The average Bonchev–Trinajstić information content (AvgIpc) is 1.98. The van der Waals surface area contributed by atoms with Crippen LogP contribution >= 0.6 is 0 Å². The molecule has 0 aromatic rings. The third-order valence-corrected chi connectivity index (χ3v) is 1.25. The molecule has 11 heavy (non-hydrogen) atoms. The van der Waals surface area contributed by atoms with Gasteiger partial charge in [0.25, 0.3) is 0 Å². The van der Waals surface area contributed by atoms with Gasteiger partial charge in [-0.1, -0.05) is 0 Å². The van der Waals surface area contributed by atoms with Crippen molar-refractivity contribution in [3.8, 4) is 0 Å². The van der Waals surface area contributed by atoms with Crippen LogP contribution in [0, 0.1) is 0 Å². The van der Waals surface area contributed by atoms with Crippen LogP contribution in [0.4, 0.5) is 0 Å². The Hall–Kier alpha value is -1.03. The smallest absolute Gasteiger partial charge is 0.138 e. The normalized spacial score (nSPS) is 11.4. The van der Waals surface area contributed by atoms with Crippen molar-refractivity contribution >= 4 is 5.71 Å². The molecular formula is C7H15N3O. The standard InChI is InChI=1S/C7H15N3O/c1-5(2)7(11)6(10-8)4-9-3/h9,11H,4,8H2,1-3H3/b10-6-. The molecule has 4 N–H and O–H groups in total. The van der Waals surface area contributed by atoms with E-state index in [2.05, 4.69) is 10.4 Å². The van der Waals surface area contributed by atoms with E-state index in [1.807, 2.05) is 0 Å². The molecule has 0 aliphatic heterocycles. The first-order valence-corrected chi connectivity index (χ1v) is 3.41. The molecule has 0 aliphatic rings. The lowest BCUT2D eigenvalue weighted by molar-refractivity contribution is 0.434. The fourth-order valence-corrected chi connectivity index (χ4v) is 0.647. The summed E-state index contributed by atoms with van der Waals surface area (Å²) in [6.07, 6.45) is 0. The Bertz CT molecular complexity index is 180. The molecular weight excluding hydrogens is 142 g/mol. The second kappa shape index (κ2) is 4.73. The monoisotopic (exact) mass is 157 g/mol. The molecule has 0 saturated carbocycles. The van der Waals surface area contributed by atoms with Gasteiger partial charge in [-0.05, 0) is 26.5 Å². The van der Waals surface area contributed by atoms with E-state index in [0.717, 1.165) is 5.57 Å². The van der Waals surface area contributed by atoms with Gasteiger partial charge in [-0.15, -0.1) is 0 Å². The highest BCUT2D eigenvalue weighted by Crippen LogP contribution is 2.00. The van der Waals surface area contributed by atoms with Gasteiger partial charge in [0, 0.05) is 6.54 Å². The number of allylic oxidation sites excluding steroid dienone is 1. The summed E-state index contributed by atoms with van der Waals surface area (Å²) >= 11 is 0. The van der Waals surface area contributed by atoms with Crippen LogP contribution in [0.5, 0.6) is 0 Å². The van der Waals surface area contributed by atoms with Gasteiger partial charge in [-0.25, -0.2) is 0 Å². The zero-order valence-corrected chi connectivity index (χ0v) is 7.18. The Labute approximate surface area is 66.8 Å². The Balaban J connectivity index is 4.41. The summed E-state index contributed by atoms with van der Waals surface area (Å²) in [5.74, 6) is 5.22. The van der Waals surface area contributed by atoms with E-state index < -0.39 is 0 Å². The second-order valence-electron chi connectivity index (χ2n) is 2.45. The van der Waals surface area contributed by atoms with E-state index in [9.17, 15) is 5.11 Å². The maximum Gasteiger partial charge on any atom is 0.138 e. The maximum absolute atomic E-state index is 9.35. The number of hydrogen-bond acceptors (Lipinski definition) is 4. The molecule has 0 fully saturated rings. The molecule has 4 heteroatoms. The fraction of sp³-hybridized carbons (Fsp3) is 0.571. The summed E-state index contributed by atoms with van der Waals surface area (Å²) in [7, 11) is 1.77. The quantitative estimate of drug-likeness (QED) is 0.240. The van der Waals surface area contributed by atoms with Gasteiger partial charge in [0.2, 0.25) is 0 Å². The Morgan fingerprint density at radius 2 is 2.09 bits per heavy atom. The summed E-state index contributed by atoms with van der Waals surface area (Å²) in [5, 5.41) is 15.6. The van der Waals surface area contributed by atoms with Crippen LogP contribution in [0.2, 0.25) is 0 Å². The number of hydrogen-bond donors (Lipinski definition) is 3. The predicted molar refractivity (Wildman–Crippen MR) is 46.6 cm³/mol. The van der Waals surface area contributed by atoms with Gasteiger partial charge in [-0.3, -0.25) is 0 Å². The topological polar surface area (TPSA) is 70.6 Å². The van der Waals surface area contributed by atoms with Crippen molar-refractivity contribution in [1.82, 2.24) is 5.32 Å². The molecule has 0 atom stereocenters. The fourth-order valence-electron chi connectivity index (χ4n) is 0.647. The van der Waals surface area contributed by atoms with Gasteiger partial charge in [0.05, 0.1) is 0 Å². The number of aliphatic hydroxyl groups excluding tert-OH is 1. The predicted octanol–water partition coefficient (Wildman–Crippen LogP) is 0.372. The van der Waals surface area contributed by atoms with Crippen LogP contribution in [-0.2, 0) is 0 Å². The summed E-state index contributed by atoms with van der Waals surface area (Å²) in [6, 6.07) is 0. The Kier molecular flexibility index (Phi) is 4.29. The molecule has 0 saturated heterocycles. The van der Waals surface area contributed by atoms with Crippen LogP contribution in [0.25, 0.3) is 0 Å². The minimum atomic E-state index is 0.168. The molecule has 0 aromatic carbocycles. The molecule has 0 aliphatic carbocycles. The van der Waals surface area contributed by atoms with Crippen LogP contribution < -0.4 is 11.2 Å². The van der Waals surface area contributed by atoms with E-state index in [1.165, 1.54) is 0 Å². The number of nitrogens with one attached hydrogen (secondary N) is 1. The molecule has 0 radical (unpaired) electrons. The number of nitrogens with two attached hydrogens (primary N) is 1. The summed E-state index contributed by atoms with van der Waals surface area (Å²) in [6.45, 7) is 4.08. The average molecular weight is 157 g/mol. The lowest BCUT2D eigenvalue weighted by Gasteiger charge is -2.04. The van der Waals surface area contributed by atoms with Crippen molar-refractivity contribution in [3.05, 3.63) is 11.3 Å². The van der Waals surface area contributed by atoms with Crippen molar-refractivity contribution in [3.63, 3.8) is 0 Å². The van der Waals surface area contributed by atoms with Gasteiger partial charge in [0.1, 0.15) is 11.5 Å². The molecule has 0 unspecified atom stereocenters. The lowest BCUT2D eigenvalue weighted by Crippen LogP contribution is -2.22. The first-order valence-electron chi connectivity index (χ1n) is 3.41. The number of aliphatic hydroxyl groups is 1. The molecule has 4 nitrogen and oxygen atoms in total. The largest absolute Gasteiger partial charge is 0.506 e. The summed E-state index contributed by atoms with van der Waals surface area (Å²) in [5.41, 5.74) is 1.29. The third-order valence-electron chi connectivity index (χ3n) is 1.25. The molecule has 0 rings (SSSR count). The zero-order valence-electron chi connectivity index (χ0n) is 7.18. The number of rotatable bonds is 3. The van der Waals surface area contributed by atoms with Crippen LogP contribution in [-0.4, -0.2) is 24.4 Å². The van der Waals surface area contributed by atoms with Gasteiger partial charge in [0.15, 0.2) is 0 Å². The first kappa shape index (κ1) is 9.97. The van der Waals surface area contributed by atoms with E-state index in [-0.39, 0.29) is 5.76 Å². The van der Waals surface area contributed by atoms with Crippen molar-refractivity contribution < 1.29 is 5.11 Å². The minimum absolute atomic E-state index is 0.168. The van der Waals surface area contributed by atoms with Crippen molar-refractivity contribution in [2.45, 2.75) is 13.8 Å². The van der Waals surface area contributed by atoms with E-state index in [1.54, 1.807) is 20.9 Å². The van der Waals surface area contributed by atoms with Crippen LogP contribution in [0.15, 0.2) is 16.4 Å². The molecule has 0 amide bonds. The molecule has 64 valence electrons. The molecule has 0 bridgehead atoms. The number of hydrazone groups is 1. The van der Waals surface area contributed by atoms with Gasteiger partial charge < -0.3 is 16.3 Å². The van der Waals surface area contributed by atoms with Crippen molar-refractivity contribution in [2.24, 2.45) is 10.9 Å². The summed E-state index contributed by atoms with van der Waals surface area (Å²) in [4.78, 5) is 0.